The second kappa shape index (κ2) is 6.54. The maximum Gasteiger partial charge on any atom is 0.389 e. The molecule has 1 atom stereocenters. The minimum absolute atomic E-state index is 0.0841. The molecule has 2 rings (SSSR count). The molecule has 11 heteroatoms. The van der Waals surface area contributed by atoms with Crippen LogP contribution in [0.2, 0.25) is 0 Å². The number of likely N-dealkylation sites (tertiary alicyclic amines) is 1. The van der Waals surface area contributed by atoms with Gasteiger partial charge in [0.25, 0.3) is 11.5 Å². The third kappa shape index (κ3) is 4.41. The summed E-state index contributed by atoms with van der Waals surface area (Å²) in [6.45, 7) is 1.92. The van der Waals surface area contributed by atoms with Crippen LogP contribution in [0.1, 0.15) is 29.5 Å². The van der Waals surface area contributed by atoms with Crippen molar-refractivity contribution in [1.82, 2.24) is 15.4 Å². The van der Waals surface area contributed by atoms with E-state index in [-0.39, 0.29) is 31.0 Å². The molecule has 2 heterocycles. The molecule has 0 spiro atoms. The Hall–Kier alpha value is -2.30. The van der Waals surface area contributed by atoms with Crippen LogP contribution in [0, 0.1) is 12.8 Å². The number of hydrogen-bond donors (Lipinski definition) is 3. The fourth-order valence-corrected chi connectivity index (χ4v) is 2.66. The number of H-pyrrole nitrogens is 1. The molecule has 8 nitrogen and oxygen atoms in total. The van der Waals surface area contributed by atoms with Crippen molar-refractivity contribution in [3.8, 4) is 0 Å². The Bertz CT molecular complexity index is 718. The molecule has 0 bridgehead atoms. The van der Waals surface area contributed by atoms with Gasteiger partial charge in [-0.05, 0) is 6.92 Å². The lowest BCUT2D eigenvalue weighted by atomic mass is 9.91. The van der Waals surface area contributed by atoms with Crippen molar-refractivity contribution in [2.45, 2.75) is 32.0 Å². The van der Waals surface area contributed by atoms with Crippen molar-refractivity contribution in [2.24, 2.45) is 5.92 Å². The van der Waals surface area contributed by atoms with Crippen LogP contribution in [0.25, 0.3) is 0 Å². The quantitative estimate of drug-likeness (QED) is 0.688. The summed E-state index contributed by atoms with van der Waals surface area (Å²) in [6.07, 6.45) is -5.68. The van der Waals surface area contributed by atoms with Gasteiger partial charge >= 0.3 is 6.18 Å². The van der Waals surface area contributed by atoms with E-state index >= 15 is 0 Å². The van der Waals surface area contributed by atoms with Crippen LogP contribution in [0.3, 0.4) is 0 Å². The summed E-state index contributed by atoms with van der Waals surface area (Å²) in [6, 6.07) is 0. The first-order valence-corrected chi connectivity index (χ1v) is 7.46. The minimum Gasteiger partial charge on any atom is -0.384 e. The Balaban J connectivity index is 1.85. The molecule has 25 heavy (non-hydrogen) atoms. The van der Waals surface area contributed by atoms with Gasteiger partial charge in [-0.15, -0.1) is 0 Å². The van der Waals surface area contributed by atoms with Crippen molar-refractivity contribution in [3.05, 3.63) is 21.7 Å². The fraction of sp³-hybridized carbons (Fsp3) is 0.643. The van der Waals surface area contributed by atoms with Gasteiger partial charge in [0.1, 0.15) is 16.9 Å². The number of alkyl halides is 3. The number of nitrogens with one attached hydrogen (secondary N) is 2. The molecule has 0 aliphatic carbocycles. The Morgan fingerprint density at radius 1 is 1.44 bits per heavy atom. The molecule has 1 unspecified atom stereocenters. The highest BCUT2D eigenvalue weighted by Crippen LogP contribution is 2.28. The van der Waals surface area contributed by atoms with Gasteiger partial charge in [0.05, 0.1) is 26.1 Å². The summed E-state index contributed by atoms with van der Waals surface area (Å²) in [7, 11) is 0. The van der Waals surface area contributed by atoms with E-state index in [1.54, 1.807) is 0 Å². The molecule has 1 saturated heterocycles. The molecule has 1 fully saturated rings. The third-order valence-corrected chi connectivity index (χ3v) is 3.92. The summed E-state index contributed by atoms with van der Waals surface area (Å²) >= 11 is 0. The normalized spacial score (nSPS) is 17.8. The Kier molecular flexibility index (Phi) is 4.98. The van der Waals surface area contributed by atoms with E-state index in [2.05, 4.69) is 5.32 Å². The molecular formula is C14H18F3N3O5. The number of aromatic amines is 1. The van der Waals surface area contributed by atoms with E-state index < -0.39 is 41.5 Å². The number of carbonyl (C=O) groups is 2. The SMILES string of the molecule is Cc1o[nH]c(=O)c1C(=O)NCC1(O)CN(C(=O)C(C)CC(F)(F)F)C1. The van der Waals surface area contributed by atoms with Crippen LogP contribution in [-0.2, 0) is 4.79 Å². The van der Waals surface area contributed by atoms with Crippen molar-refractivity contribution in [1.29, 1.82) is 0 Å². The van der Waals surface area contributed by atoms with Gasteiger partial charge in [0.15, 0.2) is 0 Å². The number of nitrogens with zero attached hydrogens (tertiary/aromatic N) is 1. The number of carbonyl (C=O) groups excluding carboxylic acids is 2. The number of aryl methyl sites for hydroxylation is 1. The molecule has 1 aliphatic rings. The molecule has 0 saturated carbocycles. The highest BCUT2D eigenvalue weighted by molar-refractivity contribution is 5.94. The zero-order valence-corrected chi connectivity index (χ0v) is 13.6. The van der Waals surface area contributed by atoms with Gasteiger partial charge in [0, 0.05) is 5.92 Å². The van der Waals surface area contributed by atoms with E-state index in [9.17, 15) is 32.7 Å². The van der Waals surface area contributed by atoms with Crippen LogP contribution in [0.15, 0.2) is 9.32 Å². The van der Waals surface area contributed by atoms with Crippen LogP contribution in [0.5, 0.6) is 0 Å². The first-order valence-electron chi connectivity index (χ1n) is 7.46. The number of β-amino-alcohol motifs (C(OH)–C–C–N with tert-alkyl or cyclic N) is 1. The number of halogens is 3. The summed E-state index contributed by atoms with van der Waals surface area (Å²) in [5.74, 6) is -2.63. The Labute approximate surface area is 139 Å². The lowest BCUT2D eigenvalue weighted by molar-refractivity contribution is -0.171. The van der Waals surface area contributed by atoms with E-state index in [4.69, 9.17) is 4.52 Å². The van der Waals surface area contributed by atoms with Crippen molar-refractivity contribution in [2.75, 3.05) is 19.6 Å². The number of rotatable bonds is 5. The van der Waals surface area contributed by atoms with E-state index in [0.29, 0.717) is 0 Å². The average molecular weight is 365 g/mol. The topological polar surface area (TPSA) is 116 Å². The average Bonchev–Trinajstić information content (AvgIpc) is 2.78. The minimum atomic E-state index is -4.44. The monoisotopic (exact) mass is 365 g/mol. The molecule has 0 radical (unpaired) electrons. The van der Waals surface area contributed by atoms with Crippen LogP contribution in [-0.4, -0.2) is 58.4 Å². The number of aromatic nitrogens is 1. The molecule has 1 aromatic heterocycles. The van der Waals surface area contributed by atoms with Gasteiger partial charge in [0.2, 0.25) is 5.91 Å². The summed E-state index contributed by atoms with van der Waals surface area (Å²) in [4.78, 5) is 36.3. The van der Waals surface area contributed by atoms with Crippen LogP contribution < -0.4 is 10.9 Å². The predicted octanol–water partition coefficient (Wildman–Crippen LogP) is 0.168. The van der Waals surface area contributed by atoms with E-state index in [0.717, 1.165) is 4.90 Å². The van der Waals surface area contributed by atoms with Gasteiger partial charge < -0.3 is 19.8 Å². The molecule has 1 aliphatic heterocycles. The maximum absolute atomic E-state index is 12.3. The standard InChI is InChI=1S/C14H18F3N3O5/c1-7(3-14(15,16)17)12(23)20-5-13(24,6-20)4-18-10(21)9-8(2)25-19-11(9)22/h7,24H,3-6H2,1-2H3,(H,18,21)(H,19,22). The Morgan fingerprint density at radius 3 is 2.52 bits per heavy atom. The summed E-state index contributed by atoms with van der Waals surface area (Å²) in [5, 5.41) is 14.5. The maximum atomic E-state index is 12.3. The number of aliphatic hydroxyl groups is 1. The molecule has 3 N–H and O–H groups in total. The second-order valence-electron chi connectivity index (χ2n) is 6.29. The highest BCUT2D eigenvalue weighted by Gasteiger charge is 2.46. The predicted molar refractivity (Wildman–Crippen MR) is 77.8 cm³/mol. The van der Waals surface area contributed by atoms with Crippen molar-refractivity contribution in [3.63, 3.8) is 0 Å². The molecule has 140 valence electrons. The van der Waals surface area contributed by atoms with Crippen molar-refractivity contribution >= 4 is 11.8 Å². The molecule has 2 amide bonds. The number of hydrogen-bond acceptors (Lipinski definition) is 5. The lowest BCUT2D eigenvalue weighted by Gasteiger charge is -2.47. The van der Waals surface area contributed by atoms with Gasteiger partial charge in [-0.25, -0.2) is 0 Å². The van der Waals surface area contributed by atoms with E-state index in [1.165, 1.54) is 13.8 Å². The first kappa shape index (κ1) is 19.0. The third-order valence-electron chi connectivity index (χ3n) is 3.92. The van der Waals surface area contributed by atoms with E-state index in [1.807, 2.05) is 5.16 Å². The summed E-state index contributed by atoms with van der Waals surface area (Å²) < 4.78 is 41.6. The van der Waals surface area contributed by atoms with Gasteiger partial charge in [-0.3, -0.25) is 14.4 Å². The molecule has 0 aromatic carbocycles. The van der Waals surface area contributed by atoms with Gasteiger partial charge in [-0.2, -0.15) is 18.3 Å². The first-order chi connectivity index (χ1) is 11.4. The van der Waals surface area contributed by atoms with Crippen LogP contribution >= 0.6 is 0 Å². The smallest absolute Gasteiger partial charge is 0.384 e. The largest absolute Gasteiger partial charge is 0.389 e. The highest BCUT2D eigenvalue weighted by atomic mass is 19.4. The van der Waals surface area contributed by atoms with Gasteiger partial charge in [-0.1, -0.05) is 6.92 Å². The zero-order chi connectivity index (χ0) is 19.0. The lowest BCUT2D eigenvalue weighted by Crippen LogP contribution is -2.68. The second-order valence-corrected chi connectivity index (χ2v) is 6.29. The Morgan fingerprint density at radius 2 is 2.04 bits per heavy atom. The fourth-order valence-electron chi connectivity index (χ4n) is 2.66. The zero-order valence-electron chi connectivity index (χ0n) is 13.6. The van der Waals surface area contributed by atoms with Crippen LogP contribution in [0.4, 0.5) is 13.2 Å². The number of amides is 2. The summed E-state index contributed by atoms with van der Waals surface area (Å²) in [5.41, 5.74) is -2.39. The molecule has 1 aromatic rings. The van der Waals surface area contributed by atoms with Crippen molar-refractivity contribution < 1.29 is 32.4 Å². The molecular weight excluding hydrogens is 347 g/mol.